The quantitative estimate of drug-likeness (QED) is 0.850. The van der Waals surface area contributed by atoms with Crippen molar-refractivity contribution < 1.29 is 24.2 Å². The number of carbonyl (C=O) groups is 2. The zero-order valence-electron chi connectivity index (χ0n) is 11.0. The largest absolute Gasteiger partial charge is 0.481 e. The van der Waals surface area contributed by atoms with Crippen molar-refractivity contribution in [2.75, 3.05) is 25.3 Å². The van der Waals surface area contributed by atoms with Crippen LogP contribution in [0, 0.1) is 0 Å². The van der Waals surface area contributed by atoms with Gasteiger partial charge in [-0.2, -0.15) is 0 Å². The van der Waals surface area contributed by atoms with E-state index in [2.05, 4.69) is 0 Å². The minimum absolute atomic E-state index is 0.0659. The van der Waals surface area contributed by atoms with Gasteiger partial charge in [-0.15, -0.1) is 11.8 Å². The molecule has 0 aliphatic carbocycles. The molecule has 2 rings (SSSR count). The van der Waals surface area contributed by atoms with Gasteiger partial charge in [0.2, 0.25) is 12.7 Å². The molecule has 1 amide bonds. The van der Waals surface area contributed by atoms with E-state index in [4.69, 9.17) is 14.6 Å². The van der Waals surface area contributed by atoms with E-state index < -0.39 is 5.97 Å². The highest BCUT2D eigenvalue weighted by molar-refractivity contribution is 8.00. The highest BCUT2D eigenvalue weighted by Crippen LogP contribution is 2.32. The van der Waals surface area contributed by atoms with Gasteiger partial charge >= 0.3 is 5.97 Å². The first kappa shape index (κ1) is 14.5. The maximum atomic E-state index is 11.8. The van der Waals surface area contributed by atoms with E-state index in [-0.39, 0.29) is 24.2 Å². The van der Waals surface area contributed by atoms with E-state index in [0.717, 1.165) is 17.3 Å². The van der Waals surface area contributed by atoms with Crippen LogP contribution >= 0.6 is 11.8 Å². The van der Waals surface area contributed by atoms with Crippen molar-refractivity contribution in [2.45, 2.75) is 6.54 Å². The molecule has 0 aromatic heterocycles. The monoisotopic (exact) mass is 297 g/mol. The maximum Gasteiger partial charge on any atom is 0.313 e. The van der Waals surface area contributed by atoms with Gasteiger partial charge in [0.1, 0.15) is 0 Å². The van der Waals surface area contributed by atoms with Crippen molar-refractivity contribution in [3.8, 4) is 11.5 Å². The Morgan fingerprint density at radius 2 is 2.05 bits per heavy atom. The highest BCUT2D eigenvalue weighted by atomic mass is 32.2. The predicted molar refractivity (Wildman–Crippen MR) is 74.0 cm³/mol. The molecule has 1 aromatic carbocycles. The maximum absolute atomic E-state index is 11.8. The molecule has 0 bridgehead atoms. The number of hydrogen-bond acceptors (Lipinski definition) is 5. The van der Waals surface area contributed by atoms with Crippen molar-refractivity contribution in [1.29, 1.82) is 0 Å². The summed E-state index contributed by atoms with van der Waals surface area (Å²) in [5.41, 5.74) is 0.938. The number of carbonyl (C=O) groups excluding carboxylic acids is 1. The van der Waals surface area contributed by atoms with Crippen molar-refractivity contribution in [3.05, 3.63) is 23.8 Å². The summed E-state index contributed by atoms with van der Waals surface area (Å²) in [6.45, 7) is 0.669. The van der Waals surface area contributed by atoms with Crippen molar-refractivity contribution >= 4 is 23.6 Å². The second-order valence-electron chi connectivity index (χ2n) is 4.32. The SMILES string of the molecule is CN(Cc1ccc2c(c1)OCO2)C(=O)CSCC(=O)O. The lowest BCUT2D eigenvalue weighted by Gasteiger charge is -2.17. The first-order valence-corrected chi connectivity index (χ1v) is 7.14. The molecule has 0 saturated heterocycles. The number of fused-ring (bicyclic) bond motifs is 1. The molecule has 108 valence electrons. The summed E-state index contributed by atoms with van der Waals surface area (Å²) in [6.07, 6.45) is 0. The number of nitrogens with zero attached hydrogens (tertiary/aromatic N) is 1. The van der Waals surface area contributed by atoms with Crippen LogP contribution in [0.25, 0.3) is 0 Å². The molecule has 20 heavy (non-hydrogen) atoms. The number of amides is 1. The molecule has 0 spiro atoms. The zero-order valence-corrected chi connectivity index (χ0v) is 11.8. The lowest BCUT2D eigenvalue weighted by molar-refractivity contribution is -0.133. The summed E-state index contributed by atoms with van der Waals surface area (Å²) < 4.78 is 10.5. The van der Waals surface area contributed by atoms with Gasteiger partial charge in [0.05, 0.1) is 11.5 Å². The smallest absolute Gasteiger partial charge is 0.313 e. The molecule has 0 radical (unpaired) electrons. The van der Waals surface area contributed by atoms with Crippen LogP contribution in [0.2, 0.25) is 0 Å². The van der Waals surface area contributed by atoms with Crippen LogP contribution in [-0.2, 0) is 16.1 Å². The molecule has 0 saturated carbocycles. The Morgan fingerprint density at radius 3 is 2.80 bits per heavy atom. The lowest BCUT2D eigenvalue weighted by Crippen LogP contribution is -2.28. The van der Waals surface area contributed by atoms with Crippen LogP contribution in [-0.4, -0.2) is 47.2 Å². The highest BCUT2D eigenvalue weighted by Gasteiger charge is 2.15. The Bertz CT molecular complexity index is 519. The first-order valence-electron chi connectivity index (χ1n) is 5.98. The van der Waals surface area contributed by atoms with E-state index in [9.17, 15) is 9.59 Å². The molecule has 0 atom stereocenters. The fraction of sp³-hybridized carbons (Fsp3) is 0.385. The molecular weight excluding hydrogens is 282 g/mol. The lowest BCUT2D eigenvalue weighted by atomic mass is 10.2. The van der Waals surface area contributed by atoms with Crippen LogP contribution < -0.4 is 9.47 Å². The van der Waals surface area contributed by atoms with Gasteiger partial charge in [-0.1, -0.05) is 6.07 Å². The van der Waals surface area contributed by atoms with E-state index in [0.29, 0.717) is 18.0 Å². The Labute approximate surface area is 120 Å². The van der Waals surface area contributed by atoms with Gasteiger partial charge in [-0.25, -0.2) is 0 Å². The number of aliphatic carboxylic acids is 1. The Hall–Kier alpha value is -1.89. The first-order chi connectivity index (χ1) is 9.56. The summed E-state index contributed by atoms with van der Waals surface area (Å²) in [6, 6.07) is 5.54. The van der Waals surface area contributed by atoms with Gasteiger partial charge in [-0.3, -0.25) is 9.59 Å². The minimum Gasteiger partial charge on any atom is -0.481 e. The number of thioether (sulfide) groups is 1. The summed E-state index contributed by atoms with van der Waals surface area (Å²) >= 11 is 1.09. The molecule has 7 heteroatoms. The Balaban J connectivity index is 1.86. The zero-order chi connectivity index (χ0) is 14.5. The fourth-order valence-electron chi connectivity index (χ4n) is 1.74. The number of rotatable bonds is 6. The van der Waals surface area contributed by atoms with Crippen LogP contribution in [0.3, 0.4) is 0 Å². The third-order valence-corrected chi connectivity index (χ3v) is 3.64. The summed E-state index contributed by atoms with van der Waals surface area (Å²) in [4.78, 5) is 23.8. The molecule has 1 aromatic rings. The van der Waals surface area contributed by atoms with Gasteiger partial charge in [0.15, 0.2) is 11.5 Å². The third-order valence-electron chi connectivity index (χ3n) is 2.73. The minimum atomic E-state index is -0.916. The molecule has 6 nitrogen and oxygen atoms in total. The fourth-order valence-corrected chi connectivity index (χ4v) is 2.41. The summed E-state index contributed by atoms with van der Waals surface area (Å²) in [5, 5.41) is 8.52. The van der Waals surface area contributed by atoms with Crippen LogP contribution in [0.5, 0.6) is 11.5 Å². The molecule has 0 unspecified atom stereocenters. The average Bonchev–Trinajstić information content (AvgIpc) is 2.85. The Kier molecular flexibility index (Phi) is 4.73. The van der Waals surface area contributed by atoms with E-state index in [1.54, 1.807) is 11.9 Å². The van der Waals surface area contributed by atoms with E-state index in [1.165, 1.54) is 0 Å². The molecule has 1 heterocycles. The van der Waals surface area contributed by atoms with Gasteiger partial charge in [0, 0.05) is 13.6 Å². The summed E-state index contributed by atoms with van der Waals surface area (Å²) in [5.74, 6) is 0.468. The summed E-state index contributed by atoms with van der Waals surface area (Å²) in [7, 11) is 1.69. The molecule has 1 aliphatic heterocycles. The molecule has 1 N–H and O–H groups in total. The standard InChI is InChI=1S/C13H15NO5S/c1-14(12(15)6-20-7-13(16)17)5-9-2-3-10-11(4-9)19-8-18-10/h2-4H,5-8H2,1H3,(H,16,17). The normalized spacial score (nSPS) is 12.2. The number of carboxylic acids is 1. The van der Waals surface area contributed by atoms with Gasteiger partial charge < -0.3 is 19.5 Å². The van der Waals surface area contributed by atoms with Crippen LogP contribution in [0.1, 0.15) is 5.56 Å². The van der Waals surface area contributed by atoms with Crippen LogP contribution in [0.15, 0.2) is 18.2 Å². The van der Waals surface area contributed by atoms with Crippen molar-refractivity contribution in [1.82, 2.24) is 4.90 Å². The van der Waals surface area contributed by atoms with E-state index in [1.807, 2.05) is 18.2 Å². The topological polar surface area (TPSA) is 76.1 Å². The van der Waals surface area contributed by atoms with Gasteiger partial charge in [0.25, 0.3) is 0 Å². The number of ether oxygens (including phenoxy) is 2. The predicted octanol–water partition coefficient (Wildman–Crippen LogP) is 1.19. The molecule has 1 aliphatic rings. The van der Waals surface area contributed by atoms with Crippen molar-refractivity contribution in [3.63, 3.8) is 0 Å². The Morgan fingerprint density at radius 1 is 1.30 bits per heavy atom. The second kappa shape index (κ2) is 6.51. The average molecular weight is 297 g/mol. The second-order valence-corrected chi connectivity index (χ2v) is 5.31. The van der Waals surface area contributed by atoms with E-state index >= 15 is 0 Å². The molecule has 0 fully saturated rings. The number of carboxylic acid groups (broad SMARTS) is 1. The number of hydrogen-bond donors (Lipinski definition) is 1. The number of benzene rings is 1. The molecular formula is C13H15NO5S. The third kappa shape index (κ3) is 3.80. The van der Waals surface area contributed by atoms with Crippen LogP contribution in [0.4, 0.5) is 0 Å². The van der Waals surface area contributed by atoms with Crippen molar-refractivity contribution in [2.24, 2.45) is 0 Å². The van der Waals surface area contributed by atoms with Gasteiger partial charge in [-0.05, 0) is 17.7 Å².